The van der Waals surface area contributed by atoms with Crippen molar-refractivity contribution >= 4 is 11.4 Å². The summed E-state index contributed by atoms with van der Waals surface area (Å²) in [5.41, 5.74) is 5.12. The van der Waals surface area contributed by atoms with Gasteiger partial charge in [0, 0.05) is 36.9 Å². The van der Waals surface area contributed by atoms with E-state index >= 15 is 0 Å². The molecule has 0 unspecified atom stereocenters. The highest BCUT2D eigenvalue weighted by molar-refractivity contribution is 5.55. The van der Waals surface area contributed by atoms with Crippen LogP contribution in [0.2, 0.25) is 0 Å². The highest BCUT2D eigenvalue weighted by Crippen LogP contribution is 2.25. The Morgan fingerprint density at radius 2 is 1.19 bits per heavy atom. The normalized spacial score (nSPS) is 10.7. The minimum absolute atomic E-state index is 0.333. The Morgan fingerprint density at radius 1 is 0.692 bits per heavy atom. The summed E-state index contributed by atoms with van der Waals surface area (Å²) in [5.74, 6) is 0.333. The predicted molar refractivity (Wildman–Crippen MR) is 113 cm³/mol. The highest BCUT2D eigenvalue weighted by Gasteiger charge is 2.13. The number of anilines is 2. The van der Waals surface area contributed by atoms with Crippen molar-refractivity contribution < 1.29 is 0 Å². The highest BCUT2D eigenvalue weighted by atomic mass is 15.1. The summed E-state index contributed by atoms with van der Waals surface area (Å²) in [6, 6.07) is 30.2. The fourth-order valence-electron chi connectivity index (χ4n) is 3.40. The molecule has 26 heavy (non-hydrogen) atoms. The van der Waals surface area contributed by atoms with Crippen LogP contribution in [0.4, 0.5) is 11.4 Å². The Hall–Kier alpha value is -2.74. The molecule has 3 aromatic rings. The van der Waals surface area contributed by atoms with Gasteiger partial charge in [0.1, 0.15) is 0 Å². The Balaban J connectivity index is 1.74. The molecule has 2 nitrogen and oxygen atoms in total. The molecule has 0 spiro atoms. The van der Waals surface area contributed by atoms with E-state index in [9.17, 15) is 0 Å². The Morgan fingerprint density at radius 3 is 1.65 bits per heavy atom. The van der Waals surface area contributed by atoms with Crippen molar-refractivity contribution in [2.24, 2.45) is 0 Å². The second-order valence-electron chi connectivity index (χ2n) is 6.47. The Kier molecular flexibility index (Phi) is 6.32. The number of nitrogens with one attached hydrogen (secondary N) is 1. The zero-order valence-corrected chi connectivity index (χ0v) is 15.7. The molecule has 134 valence electrons. The lowest BCUT2D eigenvalue weighted by molar-refractivity contribution is 0.852. The zero-order chi connectivity index (χ0) is 18.2. The molecule has 3 rings (SSSR count). The van der Waals surface area contributed by atoms with Crippen LogP contribution in [-0.2, 0) is 0 Å². The third kappa shape index (κ3) is 4.45. The van der Waals surface area contributed by atoms with Crippen molar-refractivity contribution in [2.45, 2.75) is 19.8 Å². The molecule has 0 aliphatic rings. The fraction of sp³-hybridized carbons (Fsp3) is 0.250. The van der Waals surface area contributed by atoms with Crippen LogP contribution in [0.5, 0.6) is 0 Å². The Labute approximate surface area is 157 Å². The number of rotatable bonds is 8. The number of benzene rings is 3. The lowest BCUT2D eigenvalue weighted by Crippen LogP contribution is -2.21. The summed E-state index contributed by atoms with van der Waals surface area (Å²) in [6.45, 7) is 7.33. The van der Waals surface area contributed by atoms with Gasteiger partial charge in [-0.2, -0.15) is 0 Å². The van der Waals surface area contributed by atoms with E-state index < -0.39 is 0 Å². The van der Waals surface area contributed by atoms with Crippen LogP contribution >= 0.6 is 0 Å². The summed E-state index contributed by atoms with van der Waals surface area (Å²) >= 11 is 0. The molecule has 0 aliphatic carbocycles. The summed E-state index contributed by atoms with van der Waals surface area (Å²) < 4.78 is 0. The molecule has 3 aromatic carbocycles. The molecule has 1 N–H and O–H groups in total. The van der Waals surface area contributed by atoms with E-state index in [2.05, 4.69) is 109 Å². The van der Waals surface area contributed by atoms with E-state index in [0.29, 0.717) is 5.92 Å². The van der Waals surface area contributed by atoms with Crippen LogP contribution in [-0.4, -0.2) is 19.6 Å². The van der Waals surface area contributed by atoms with Gasteiger partial charge in [0.15, 0.2) is 0 Å². The summed E-state index contributed by atoms with van der Waals surface area (Å²) in [5, 5.41) is 3.63. The number of hydrogen-bond acceptors (Lipinski definition) is 2. The van der Waals surface area contributed by atoms with E-state index in [4.69, 9.17) is 0 Å². The third-order valence-corrected chi connectivity index (χ3v) is 4.91. The van der Waals surface area contributed by atoms with Gasteiger partial charge in [0.05, 0.1) is 0 Å². The lowest BCUT2D eigenvalue weighted by Gasteiger charge is -2.22. The third-order valence-electron chi connectivity index (χ3n) is 4.91. The predicted octanol–water partition coefficient (Wildman–Crippen LogP) is 5.78. The van der Waals surface area contributed by atoms with Crippen LogP contribution in [0, 0.1) is 0 Å². The summed E-state index contributed by atoms with van der Waals surface area (Å²) in [4.78, 5) is 2.36. The first-order valence-corrected chi connectivity index (χ1v) is 9.50. The molecule has 0 bridgehead atoms. The van der Waals surface area contributed by atoms with Gasteiger partial charge in [0.25, 0.3) is 0 Å². The van der Waals surface area contributed by atoms with E-state index in [-0.39, 0.29) is 0 Å². The van der Waals surface area contributed by atoms with Crippen molar-refractivity contribution in [1.29, 1.82) is 0 Å². The molecule has 0 saturated carbocycles. The molecule has 0 saturated heterocycles. The van der Waals surface area contributed by atoms with Crippen LogP contribution in [0.15, 0.2) is 84.9 Å². The van der Waals surface area contributed by atoms with E-state index in [0.717, 1.165) is 25.3 Å². The van der Waals surface area contributed by atoms with Gasteiger partial charge >= 0.3 is 0 Å². The average Bonchev–Trinajstić information content (AvgIpc) is 2.72. The van der Waals surface area contributed by atoms with E-state index in [1.807, 2.05) is 0 Å². The van der Waals surface area contributed by atoms with Crippen molar-refractivity contribution in [3.05, 3.63) is 96.1 Å². The lowest BCUT2D eigenvalue weighted by atomic mass is 9.91. The minimum atomic E-state index is 0.333. The van der Waals surface area contributed by atoms with Crippen LogP contribution in [0.3, 0.4) is 0 Å². The van der Waals surface area contributed by atoms with Crippen molar-refractivity contribution in [3.8, 4) is 0 Å². The first-order valence-electron chi connectivity index (χ1n) is 9.50. The number of hydrogen-bond donors (Lipinski definition) is 1. The Bertz CT molecular complexity index is 723. The van der Waals surface area contributed by atoms with Crippen molar-refractivity contribution in [2.75, 3.05) is 29.9 Å². The van der Waals surface area contributed by atoms with E-state index in [1.165, 1.54) is 16.8 Å². The molecule has 0 amide bonds. The van der Waals surface area contributed by atoms with Gasteiger partial charge in [-0.3, -0.25) is 0 Å². The maximum absolute atomic E-state index is 3.63. The second-order valence-corrected chi connectivity index (χ2v) is 6.47. The van der Waals surface area contributed by atoms with Gasteiger partial charge in [-0.05, 0) is 49.2 Å². The largest absolute Gasteiger partial charge is 0.384 e. The maximum atomic E-state index is 3.63. The molecule has 0 heterocycles. The summed E-state index contributed by atoms with van der Waals surface area (Å²) in [7, 11) is 0. The topological polar surface area (TPSA) is 15.3 Å². The fourth-order valence-corrected chi connectivity index (χ4v) is 3.40. The molecule has 0 atom stereocenters. The van der Waals surface area contributed by atoms with E-state index in [1.54, 1.807) is 0 Å². The second kappa shape index (κ2) is 9.10. The number of nitrogens with zero attached hydrogens (tertiary/aromatic N) is 1. The van der Waals surface area contributed by atoms with Crippen LogP contribution in [0.1, 0.15) is 30.9 Å². The van der Waals surface area contributed by atoms with Crippen molar-refractivity contribution in [3.63, 3.8) is 0 Å². The average molecular weight is 345 g/mol. The molecular weight excluding hydrogens is 316 g/mol. The quantitative estimate of drug-likeness (QED) is 0.557. The SMILES string of the molecule is CCN(CC)c1ccc(NCC(c2ccccc2)c2ccccc2)cc1. The smallest absolute Gasteiger partial charge is 0.0367 e. The van der Waals surface area contributed by atoms with Gasteiger partial charge in [-0.25, -0.2) is 0 Å². The first-order chi connectivity index (χ1) is 12.8. The standard InChI is InChI=1S/C24H28N2/c1-3-26(4-2)23-17-15-22(16-18-23)25-19-24(20-11-7-5-8-12-20)21-13-9-6-10-14-21/h5-18,24-25H,3-4,19H2,1-2H3. The maximum Gasteiger partial charge on any atom is 0.0367 e. The molecular formula is C24H28N2. The molecule has 0 aromatic heterocycles. The molecule has 0 radical (unpaired) electrons. The monoisotopic (exact) mass is 344 g/mol. The van der Waals surface area contributed by atoms with Gasteiger partial charge in [-0.15, -0.1) is 0 Å². The van der Waals surface area contributed by atoms with Crippen molar-refractivity contribution in [1.82, 2.24) is 0 Å². The zero-order valence-electron chi connectivity index (χ0n) is 15.7. The van der Waals surface area contributed by atoms with Gasteiger partial charge < -0.3 is 10.2 Å². The van der Waals surface area contributed by atoms with Gasteiger partial charge in [-0.1, -0.05) is 60.7 Å². The van der Waals surface area contributed by atoms with Crippen LogP contribution < -0.4 is 10.2 Å². The van der Waals surface area contributed by atoms with Crippen LogP contribution in [0.25, 0.3) is 0 Å². The van der Waals surface area contributed by atoms with Gasteiger partial charge in [0.2, 0.25) is 0 Å². The summed E-state index contributed by atoms with van der Waals surface area (Å²) in [6.07, 6.45) is 0. The molecule has 0 fully saturated rings. The molecule has 2 heteroatoms. The molecule has 0 aliphatic heterocycles. The minimum Gasteiger partial charge on any atom is -0.384 e. The first kappa shape index (κ1) is 18.1.